The van der Waals surface area contributed by atoms with Crippen LogP contribution in [-0.4, -0.2) is 16.1 Å². The molecule has 0 radical (unpaired) electrons. The summed E-state index contributed by atoms with van der Waals surface area (Å²) in [6, 6.07) is 0. The number of carboxylic acids is 1. The van der Waals surface area contributed by atoms with Crippen molar-refractivity contribution in [3.8, 4) is 0 Å². The van der Waals surface area contributed by atoms with Crippen LogP contribution in [0.15, 0.2) is 6.20 Å². The fraction of sp³-hybridized carbons (Fsp3) is 0.250. The highest BCUT2D eigenvalue weighted by molar-refractivity contribution is 5.95. The van der Waals surface area contributed by atoms with Crippen molar-refractivity contribution < 1.29 is 18.7 Å². The van der Waals surface area contributed by atoms with Gasteiger partial charge >= 0.3 is 5.97 Å². The highest BCUT2D eigenvalue weighted by Gasteiger charge is 2.20. The number of carboxylic acid groups (broad SMARTS) is 1. The molecule has 0 fully saturated rings. The summed E-state index contributed by atoms with van der Waals surface area (Å²) in [5.74, 6) is -1.33. The van der Waals surface area contributed by atoms with Crippen LogP contribution in [-0.2, 0) is 0 Å². The number of nitrogens with two attached hydrogens (primary N) is 1. The average molecular weight is 202 g/mol. The SMILES string of the molecule is Cc1c(C(F)F)ncc(N)c1C(=O)O. The van der Waals surface area contributed by atoms with Crippen molar-refractivity contribution in [2.75, 3.05) is 5.73 Å². The van der Waals surface area contributed by atoms with Gasteiger partial charge in [-0.15, -0.1) is 0 Å². The molecule has 1 aromatic rings. The van der Waals surface area contributed by atoms with E-state index in [1.807, 2.05) is 0 Å². The van der Waals surface area contributed by atoms with Crippen LogP contribution < -0.4 is 5.73 Å². The molecule has 0 aliphatic heterocycles. The second-order valence-corrected chi connectivity index (χ2v) is 2.70. The minimum absolute atomic E-state index is 0.0903. The highest BCUT2D eigenvalue weighted by atomic mass is 19.3. The van der Waals surface area contributed by atoms with Crippen LogP contribution in [0.3, 0.4) is 0 Å². The number of hydrogen-bond donors (Lipinski definition) is 2. The molecule has 0 aromatic carbocycles. The topological polar surface area (TPSA) is 76.2 Å². The number of aromatic nitrogens is 1. The number of hydrogen-bond acceptors (Lipinski definition) is 3. The number of nitrogens with zero attached hydrogens (tertiary/aromatic N) is 1. The van der Waals surface area contributed by atoms with Crippen molar-refractivity contribution in [1.82, 2.24) is 4.98 Å². The van der Waals surface area contributed by atoms with Gasteiger partial charge in [0.2, 0.25) is 0 Å². The van der Waals surface area contributed by atoms with Gasteiger partial charge in [0, 0.05) is 0 Å². The first kappa shape index (κ1) is 10.4. The molecule has 0 saturated heterocycles. The summed E-state index contributed by atoms with van der Waals surface area (Å²) >= 11 is 0. The van der Waals surface area contributed by atoms with E-state index in [9.17, 15) is 13.6 Å². The molecule has 0 spiro atoms. The first-order chi connectivity index (χ1) is 6.45. The Bertz CT molecular complexity index is 380. The summed E-state index contributed by atoms with van der Waals surface area (Å²) < 4.78 is 24.6. The highest BCUT2D eigenvalue weighted by Crippen LogP contribution is 2.25. The minimum atomic E-state index is -2.80. The van der Waals surface area contributed by atoms with E-state index in [1.165, 1.54) is 6.92 Å². The zero-order valence-corrected chi connectivity index (χ0v) is 7.29. The third-order valence-electron chi connectivity index (χ3n) is 1.81. The molecule has 1 aromatic heterocycles. The molecule has 1 rings (SSSR count). The van der Waals surface area contributed by atoms with Gasteiger partial charge in [0.05, 0.1) is 17.4 Å². The molecule has 0 saturated carbocycles. The average Bonchev–Trinajstić information content (AvgIpc) is 2.02. The fourth-order valence-corrected chi connectivity index (χ4v) is 1.15. The fourth-order valence-electron chi connectivity index (χ4n) is 1.15. The van der Waals surface area contributed by atoms with Crippen LogP contribution in [0.1, 0.15) is 28.0 Å². The van der Waals surface area contributed by atoms with Crippen LogP contribution in [0.2, 0.25) is 0 Å². The number of pyridine rings is 1. The zero-order valence-electron chi connectivity index (χ0n) is 7.29. The van der Waals surface area contributed by atoms with Crippen molar-refractivity contribution >= 4 is 11.7 Å². The van der Waals surface area contributed by atoms with Gasteiger partial charge in [-0.1, -0.05) is 0 Å². The van der Waals surface area contributed by atoms with Crippen LogP contribution in [0.25, 0.3) is 0 Å². The van der Waals surface area contributed by atoms with E-state index in [-0.39, 0.29) is 16.8 Å². The standard InChI is InChI=1S/C8H8F2N2O2/c1-3-5(8(13)14)4(11)2-12-6(3)7(9)10/h2,7H,11H2,1H3,(H,13,14). The molecule has 1 heterocycles. The Kier molecular flexibility index (Phi) is 2.64. The van der Waals surface area contributed by atoms with Crippen molar-refractivity contribution in [2.45, 2.75) is 13.3 Å². The molecule has 0 aliphatic rings. The Labute approximate surface area is 78.4 Å². The summed E-state index contributed by atoms with van der Waals surface area (Å²) in [6.45, 7) is 1.26. The van der Waals surface area contributed by atoms with Crippen molar-refractivity contribution in [2.24, 2.45) is 0 Å². The number of rotatable bonds is 2. The van der Waals surface area contributed by atoms with E-state index in [1.54, 1.807) is 0 Å². The number of alkyl halides is 2. The van der Waals surface area contributed by atoms with E-state index in [0.717, 1.165) is 6.20 Å². The van der Waals surface area contributed by atoms with Crippen LogP contribution >= 0.6 is 0 Å². The van der Waals surface area contributed by atoms with Crippen molar-refractivity contribution in [1.29, 1.82) is 0 Å². The molecule has 0 atom stereocenters. The lowest BCUT2D eigenvalue weighted by molar-refractivity contribution is 0.0696. The second-order valence-electron chi connectivity index (χ2n) is 2.70. The predicted octanol–water partition coefficient (Wildman–Crippen LogP) is 1.61. The van der Waals surface area contributed by atoms with Crippen LogP contribution in [0.4, 0.5) is 14.5 Å². The third kappa shape index (κ3) is 1.63. The van der Waals surface area contributed by atoms with E-state index >= 15 is 0 Å². The number of anilines is 1. The van der Waals surface area contributed by atoms with Gasteiger partial charge in [-0.05, 0) is 12.5 Å². The van der Waals surface area contributed by atoms with Crippen LogP contribution in [0, 0.1) is 6.92 Å². The Hall–Kier alpha value is -1.72. The lowest BCUT2D eigenvalue weighted by atomic mass is 10.1. The molecule has 0 amide bonds. The Morgan fingerprint density at radius 3 is 2.64 bits per heavy atom. The maximum absolute atomic E-state index is 12.3. The molecule has 0 bridgehead atoms. The van der Waals surface area contributed by atoms with E-state index in [0.29, 0.717) is 0 Å². The summed E-state index contributed by atoms with van der Waals surface area (Å²) in [5.41, 5.74) is 4.25. The van der Waals surface area contributed by atoms with Gasteiger partial charge in [0.15, 0.2) is 0 Å². The van der Waals surface area contributed by atoms with Gasteiger partial charge in [-0.3, -0.25) is 4.98 Å². The summed E-state index contributed by atoms with van der Waals surface area (Å²) in [4.78, 5) is 14.0. The van der Waals surface area contributed by atoms with Gasteiger partial charge < -0.3 is 10.8 Å². The Balaban J connectivity index is 3.41. The summed E-state index contributed by atoms with van der Waals surface area (Å²) in [6.07, 6.45) is -1.87. The normalized spacial score (nSPS) is 10.6. The molecule has 6 heteroatoms. The molecule has 4 nitrogen and oxygen atoms in total. The predicted molar refractivity (Wildman–Crippen MR) is 45.3 cm³/mol. The second kappa shape index (κ2) is 3.57. The summed E-state index contributed by atoms with van der Waals surface area (Å²) in [7, 11) is 0. The minimum Gasteiger partial charge on any atom is -0.478 e. The molecule has 0 aliphatic carbocycles. The molecular weight excluding hydrogens is 194 g/mol. The van der Waals surface area contributed by atoms with E-state index in [2.05, 4.69) is 4.98 Å². The van der Waals surface area contributed by atoms with Gasteiger partial charge in [0.1, 0.15) is 5.69 Å². The van der Waals surface area contributed by atoms with Crippen LogP contribution in [0.5, 0.6) is 0 Å². The number of aromatic carboxylic acids is 1. The largest absolute Gasteiger partial charge is 0.478 e. The third-order valence-corrected chi connectivity index (χ3v) is 1.81. The van der Waals surface area contributed by atoms with Gasteiger partial charge in [0.25, 0.3) is 6.43 Å². The van der Waals surface area contributed by atoms with E-state index < -0.39 is 18.1 Å². The number of nitrogen functional groups attached to an aromatic ring is 1. The maximum Gasteiger partial charge on any atom is 0.338 e. The maximum atomic E-state index is 12.3. The van der Waals surface area contributed by atoms with Crippen molar-refractivity contribution in [3.63, 3.8) is 0 Å². The lowest BCUT2D eigenvalue weighted by Gasteiger charge is -2.08. The first-order valence-corrected chi connectivity index (χ1v) is 3.71. The molecular formula is C8H8F2N2O2. The smallest absolute Gasteiger partial charge is 0.338 e. The van der Waals surface area contributed by atoms with Gasteiger partial charge in [-0.25, -0.2) is 13.6 Å². The molecule has 3 N–H and O–H groups in total. The zero-order chi connectivity index (χ0) is 10.9. The monoisotopic (exact) mass is 202 g/mol. The molecule has 14 heavy (non-hydrogen) atoms. The first-order valence-electron chi connectivity index (χ1n) is 3.71. The Morgan fingerprint density at radius 1 is 1.64 bits per heavy atom. The molecule has 76 valence electrons. The summed E-state index contributed by atoms with van der Waals surface area (Å²) in [5, 5.41) is 8.70. The number of carbonyl (C=O) groups is 1. The lowest BCUT2D eigenvalue weighted by Crippen LogP contribution is -2.09. The van der Waals surface area contributed by atoms with Crippen molar-refractivity contribution in [3.05, 3.63) is 23.0 Å². The Morgan fingerprint density at radius 2 is 2.21 bits per heavy atom. The number of halogens is 2. The quantitative estimate of drug-likeness (QED) is 0.763. The van der Waals surface area contributed by atoms with Gasteiger partial charge in [-0.2, -0.15) is 0 Å². The molecule has 0 unspecified atom stereocenters. The van der Waals surface area contributed by atoms with E-state index in [4.69, 9.17) is 10.8 Å².